The molecule has 0 radical (unpaired) electrons. The van der Waals surface area contributed by atoms with Gasteiger partial charge in [-0.3, -0.25) is 0 Å². The van der Waals surface area contributed by atoms with Crippen molar-refractivity contribution < 1.29 is 8.91 Å². The molecular weight excluding hydrogens is 321 g/mol. The first-order chi connectivity index (χ1) is 12.0. The molecule has 132 valence electrons. The number of rotatable bonds is 4. The number of para-hydroxylation sites is 1. The largest absolute Gasteiger partial charge is 0.337 e. The van der Waals surface area contributed by atoms with Crippen LogP contribution in [0.15, 0.2) is 22.7 Å². The Hall–Kier alpha value is -2.28. The molecule has 0 spiro atoms. The van der Waals surface area contributed by atoms with Crippen LogP contribution < -0.4 is 0 Å². The predicted octanol–water partition coefficient (Wildman–Crippen LogP) is 3.17. The SMILES string of the molecule is CC(C)c1nn(-c2noc(C[C@H]3CCN(C)C3)n2)c2c(F)cccc12. The van der Waals surface area contributed by atoms with Crippen molar-refractivity contribution in [2.75, 3.05) is 20.1 Å². The molecule has 25 heavy (non-hydrogen) atoms. The van der Waals surface area contributed by atoms with E-state index in [4.69, 9.17) is 4.52 Å². The Labute approximate surface area is 145 Å². The van der Waals surface area contributed by atoms with E-state index < -0.39 is 0 Å². The maximum absolute atomic E-state index is 14.4. The molecule has 6 nitrogen and oxygen atoms in total. The first-order valence-electron chi connectivity index (χ1n) is 8.71. The monoisotopic (exact) mass is 343 g/mol. The summed E-state index contributed by atoms with van der Waals surface area (Å²) in [5, 5.41) is 9.40. The summed E-state index contributed by atoms with van der Waals surface area (Å²) in [6.07, 6.45) is 1.88. The zero-order chi connectivity index (χ0) is 17.6. The third-order valence-electron chi connectivity index (χ3n) is 4.83. The van der Waals surface area contributed by atoms with Crippen LogP contribution in [0.2, 0.25) is 0 Å². The van der Waals surface area contributed by atoms with Gasteiger partial charge in [-0.15, -0.1) is 0 Å². The summed E-state index contributed by atoms with van der Waals surface area (Å²) >= 11 is 0. The molecule has 4 rings (SSSR count). The van der Waals surface area contributed by atoms with Crippen molar-refractivity contribution in [1.29, 1.82) is 0 Å². The topological polar surface area (TPSA) is 60.0 Å². The fraction of sp³-hybridized carbons (Fsp3) is 0.500. The smallest absolute Gasteiger partial charge is 0.291 e. The number of likely N-dealkylation sites (tertiary alicyclic amines) is 1. The summed E-state index contributed by atoms with van der Waals surface area (Å²) in [4.78, 5) is 6.77. The van der Waals surface area contributed by atoms with Gasteiger partial charge in [-0.25, -0.2) is 4.39 Å². The van der Waals surface area contributed by atoms with E-state index in [1.54, 1.807) is 6.07 Å². The quantitative estimate of drug-likeness (QED) is 0.728. The minimum atomic E-state index is -0.333. The van der Waals surface area contributed by atoms with E-state index in [1.165, 1.54) is 10.7 Å². The third-order valence-corrected chi connectivity index (χ3v) is 4.83. The van der Waals surface area contributed by atoms with Gasteiger partial charge in [-0.05, 0) is 43.1 Å². The molecule has 2 aromatic heterocycles. The summed E-state index contributed by atoms with van der Waals surface area (Å²) in [6.45, 7) is 6.21. The molecule has 1 atom stereocenters. The Bertz CT molecular complexity index is 900. The Kier molecular flexibility index (Phi) is 4.03. The van der Waals surface area contributed by atoms with Crippen molar-refractivity contribution in [2.24, 2.45) is 5.92 Å². The van der Waals surface area contributed by atoms with Gasteiger partial charge in [0.05, 0.1) is 5.69 Å². The maximum atomic E-state index is 14.4. The number of hydrogen-bond acceptors (Lipinski definition) is 5. The lowest BCUT2D eigenvalue weighted by Gasteiger charge is -2.06. The molecule has 3 heterocycles. The van der Waals surface area contributed by atoms with Gasteiger partial charge in [-0.2, -0.15) is 14.8 Å². The Morgan fingerprint density at radius 3 is 2.92 bits per heavy atom. The molecule has 1 aromatic carbocycles. The lowest BCUT2D eigenvalue weighted by molar-refractivity contribution is 0.342. The predicted molar refractivity (Wildman–Crippen MR) is 92.3 cm³/mol. The van der Waals surface area contributed by atoms with Crippen molar-refractivity contribution in [3.05, 3.63) is 35.6 Å². The van der Waals surface area contributed by atoms with E-state index in [9.17, 15) is 4.39 Å². The summed E-state index contributed by atoms with van der Waals surface area (Å²) in [5.74, 6) is 1.24. The first kappa shape index (κ1) is 16.2. The first-order valence-corrected chi connectivity index (χ1v) is 8.71. The maximum Gasteiger partial charge on any atom is 0.291 e. The van der Waals surface area contributed by atoms with Crippen molar-refractivity contribution >= 4 is 10.9 Å². The highest BCUT2D eigenvalue weighted by molar-refractivity contribution is 5.84. The summed E-state index contributed by atoms with van der Waals surface area (Å²) in [6, 6.07) is 5.01. The van der Waals surface area contributed by atoms with Crippen LogP contribution in [0.3, 0.4) is 0 Å². The van der Waals surface area contributed by atoms with E-state index in [-0.39, 0.29) is 11.7 Å². The van der Waals surface area contributed by atoms with Gasteiger partial charge in [0.25, 0.3) is 5.95 Å². The van der Waals surface area contributed by atoms with Crippen LogP contribution in [0.5, 0.6) is 0 Å². The average molecular weight is 343 g/mol. The van der Waals surface area contributed by atoms with Gasteiger partial charge < -0.3 is 9.42 Å². The Balaban J connectivity index is 1.70. The second-order valence-corrected chi connectivity index (χ2v) is 7.20. The summed E-state index contributed by atoms with van der Waals surface area (Å²) < 4.78 is 21.3. The zero-order valence-electron chi connectivity index (χ0n) is 14.7. The van der Waals surface area contributed by atoms with Gasteiger partial charge in [0, 0.05) is 18.4 Å². The fourth-order valence-electron chi connectivity index (χ4n) is 3.57. The molecule has 0 bridgehead atoms. The number of aromatic nitrogens is 4. The fourth-order valence-corrected chi connectivity index (χ4v) is 3.57. The molecule has 0 aliphatic carbocycles. The second-order valence-electron chi connectivity index (χ2n) is 7.20. The minimum Gasteiger partial charge on any atom is -0.337 e. The van der Waals surface area contributed by atoms with E-state index in [1.807, 2.05) is 19.9 Å². The van der Waals surface area contributed by atoms with Gasteiger partial charge in [0.2, 0.25) is 5.89 Å². The molecule has 0 amide bonds. The molecular formula is C18H22FN5O. The molecule has 0 unspecified atom stereocenters. The molecule has 3 aromatic rings. The highest BCUT2D eigenvalue weighted by Crippen LogP contribution is 2.28. The van der Waals surface area contributed by atoms with Crippen molar-refractivity contribution in [3.8, 4) is 5.95 Å². The van der Waals surface area contributed by atoms with Crippen LogP contribution in [0.1, 0.15) is 37.8 Å². The molecule has 0 saturated carbocycles. The van der Waals surface area contributed by atoms with Crippen LogP contribution in [0.25, 0.3) is 16.9 Å². The van der Waals surface area contributed by atoms with E-state index in [0.717, 1.165) is 37.0 Å². The number of fused-ring (bicyclic) bond motifs is 1. The van der Waals surface area contributed by atoms with E-state index >= 15 is 0 Å². The molecule has 0 N–H and O–H groups in total. The van der Waals surface area contributed by atoms with Crippen LogP contribution in [-0.4, -0.2) is 45.0 Å². The Morgan fingerprint density at radius 2 is 2.20 bits per heavy atom. The van der Waals surface area contributed by atoms with Crippen LogP contribution in [-0.2, 0) is 6.42 Å². The number of benzene rings is 1. The van der Waals surface area contributed by atoms with Crippen molar-refractivity contribution in [3.63, 3.8) is 0 Å². The third kappa shape index (κ3) is 2.93. The second kappa shape index (κ2) is 6.22. The molecule has 1 fully saturated rings. The van der Waals surface area contributed by atoms with E-state index in [2.05, 4.69) is 27.2 Å². The van der Waals surface area contributed by atoms with Crippen LogP contribution in [0.4, 0.5) is 4.39 Å². The van der Waals surface area contributed by atoms with Gasteiger partial charge >= 0.3 is 0 Å². The lowest BCUT2D eigenvalue weighted by Crippen LogP contribution is -2.15. The number of hydrogen-bond donors (Lipinski definition) is 0. The standard InChI is InChI=1S/C18H22FN5O/c1-11(2)16-13-5-4-6-14(19)17(13)24(21-16)18-20-15(25-22-18)9-12-7-8-23(3)10-12/h4-6,11-12H,7-10H2,1-3H3/t12-/m1/s1. The minimum absolute atomic E-state index is 0.172. The normalized spacial score (nSPS) is 18.7. The molecule has 1 aliphatic rings. The van der Waals surface area contributed by atoms with Crippen LogP contribution >= 0.6 is 0 Å². The highest BCUT2D eigenvalue weighted by atomic mass is 19.1. The van der Waals surface area contributed by atoms with Crippen molar-refractivity contribution in [2.45, 2.75) is 32.6 Å². The molecule has 1 saturated heterocycles. The number of halogens is 1. The van der Waals surface area contributed by atoms with Gasteiger partial charge in [0.1, 0.15) is 11.3 Å². The lowest BCUT2D eigenvalue weighted by atomic mass is 10.1. The molecule has 7 heteroatoms. The van der Waals surface area contributed by atoms with Crippen LogP contribution in [0, 0.1) is 11.7 Å². The number of nitrogens with zero attached hydrogens (tertiary/aromatic N) is 5. The summed E-state index contributed by atoms with van der Waals surface area (Å²) in [7, 11) is 2.12. The van der Waals surface area contributed by atoms with Gasteiger partial charge in [0.15, 0.2) is 0 Å². The van der Waals surface area contributed by atoms with E-state index in [0.29, 0.717) is 23.3 Å². The Morgan fingerprint density at radius 1 is 1.36 bits per heavy atom. The average Bonchev–Trinajstić information content (AvgIpc) is 3.26. The zero-order valence-corrected chi connectivity index (χ0v) is 14.7. The highest BCUT2D eigenvalue weighted by Gasteiger charge is 2.24. The molecule has 1 aliphatic heterocycles. The van der Waals surface area contributed by atoms with Gasteiger partial charge in [-0.1, -0.05) is 26.0 Å². The van der Waals surface area contributed by atoms with Crippen molar-refractivity contribution in [1.82, 2.24) is 24.8 Å². The summed E-state index contributed by atoms with van der Waals surface area (Å²) in [5.41, 5.74) is 1.23.